The van der Waals surface area contributed by atoms with E-state index in [0.717, 1.165) is 0 Å². The number of nitrogens with one attached hydrogen (secondary N) is 1. The lowest BCUT2D eigenvalue weighted by Crippen LogP contribution is -2.29. The third-order valence-corrected chi connectivity index (χ3v) is 3.82. The minimum Gasteiger partial charge on any atom is -0.493 e. The average Bonchev–Trinajstić information content (AvgIpc) is 3.05. The second-order valence-corrected chi connectivity index (χ2v) is 5.68. The molecule has 0 spiro atoms. The number of aryl methyl sites for hydroxylation is 1. The molecule has 0 aliphatic carbocycles. The van der Waals surface area contributed by atoms with Crippen LogP contribution in [-0.2, 0) is 4.79 Å². The minimum atomic E-state index is -4.97. The number of benzene rings is 2. The van der Waals surface area contributed by atoms with Gasteiger partial charge in [0.15, 0.2) is 17.1 Å². The normalized spacial score (nSPS) is 11.5. The summed E-state index contributed by atoms with van der Waals surface area (Å²) < 4.78 is 53.5. The van der Waals surface area contributed by atoms with Crippen LogP contribution in [-0.4, -0.2) is 31.3 Å². The number of rotatable bonds is 4. The lowest BCUT2D eigenvalue weighted by molar-refractivity contribution is -0.167. The van der Waals surface area contributed by atoms with Crippen molar-refractivity contribution < 1.29 is 31.9 Å². The first-order chi connectivity index (χ1) is 12.7. The molecule has 1 N–H and O–H groups in total. The van der Waals surface area contributed by atoms with Crippen LogP contribution in [0.4, 0.5) is 18.9 Å². The van der Waals surface area contributed by atoms with Gasteiger partial charge in [-0.15, -0.1) is 0 Å². The van der Waals surface area contributed by atoms with Crippen molar-refractivity contribution >= 4 is 22.7 Å². The summed E-state index contributed by atoms with van der Waals surface area (Å²) >= 11 is 0. The fourth-order valence-electron chi connectivity index (χ4n) is 2.57. The highest BCUT2D eigenvalue weighted by atomic mass is 19.4. The number of alkyl halides is 3. The van der Waals surface area contributed by atoms with Crippen LogP contribution in [0.15, 0.2) is 34.7 Å². The molecule has 0 saturated carbocycles. The molecule has 1 heterocycles. The van der Waals surface area contributed by atoms with Crippen molar-refractivity contribution in [2.24, 2.45) is 0 Å². The van der Waals surface area contributed by atoms with Crippen LogP contribution in [0.3, 0.4) is 0 Å². The Bertz CT molecular complexity index is 1010. The zero-order valence-corrected chi connectivity index (χ0v) is 14.6. The number of nitrogens with zero attached hydrogens (tertiary/aromatic N) is 1. The van der Waals surface area contributed by atoms with Gasteiger partial charge in [0.1, 0.15) is 5.52 Å². The molecule has 142 valence electrons. The number of ether oxygens (including phenoxy) is 2. The van der Waals surface area contributed by atoms with Gasteiger partial charge in [0, 0.05) is 11.3 Å². The first-order valence-electron chi connectivity index (χ1n) is 7.74. The summed E-state index contributed by atoms with van der Waals surface area (Å²) in [6.07, 6.45) is -4.97. The van der Waals surface area contributed by atoms with Gasteiger partial charge < -0.3 is 19.2 Å². The molecule has 0 radical (unpaired) electrons. The third kappa shape index (κ3) is 3.67. The van der Waals surface area contributed by atoms with E-state index in [-0.39, 0.29) is 11.6 Å². The first-order valence-corrected chi connectivity index (χ1v) is 7.74. The number of oxazole rings is 1. The van der Waals surface area contributed by atoms with E-state index in [1.807, 2.05) is 5.32 Å². The number of carbonyl (C=O) groups excluding carboxylic acids is 1. The van der Waals surface area contributed by atoms with E-state index in [2.05, 4.69) is 4.98 Å². The van der Waals surface area contributed by atoms with Crippen LogP contribution in [0, 0.1) is 6.92 Å². The molecule has 1 amide bonds. The summed E-state index contributed by atoms with van der Waals surface area (Å²) in [4.78, 5) is 15.4. The highest BCUT2D eigenvalue weighted by Gasteiger charge is 2.38. The fourth-order valence-corrected chi connectivity index (χ4v) is 2.57. The van der Waals surface area contributed by atoms with Crippen molar-refractivity contribution in [1.29, 1.82) is 0 Å². The second-order valence-electron chi connectivity index (χ2n) is 5.68. The Morgan fingerprint density at radius 1 is 1.11 bits per heavy atom. The van der Waals surface area contributed by atoms with Crippen LogP contribution in [0.2, 0.25) is 0 Å². The number of carbonyl (C=O) groups is 1. The zero-order chi connectivity index (χ0) is 19.8. The van der Waals surface area contributed by atoms with Crippen molar-refractivity contribution in [3.8, 4) is 23.0 Å². The van der Waals surface area contributed by atoms with Crippen molar-refractivity contribution in [2.75, 3.05) is 19.5 Å². The van der Waals surface area contributed by atoms with E-state index < -0.39 is 12.1 Å². The van der Waals surface area contributed by atoms with E-state index >= 15 is 0 Å². The number of hydrogen-bond acceptors (Lipinski definition) is 5. The standard InChI is InChI=1S/C18H15F3N2O4/c1-9-6-11(22-17(24)18(19,20)21)8-12-15(9)27-16(23-12)10-4-5-13(25-2)14(7-10)26-3/h4-8H,1-3H3,(H,22,24). The lowest BCUT2D eigenvalue weighted by atomic mass is 10.2. The summed E-state index contributed by atoms with van der Waals surface area (Å²) in [6, 6.07) is 7.78. The molecule has 2 aromatic carbocycles. The van der Waals surface area contributed by atoms with Crippen LogP contribution >= 0.6 is 0 Å². The predicted molar refractivity (Wildman–Crippen MR) is 92.0 cm³/mol. The topological polar surface area (TPSA) is 73.6 Å². The summed E-state index contributed by atoms with van der Waals surface area (Å²) in [7, 11) is 3.00. The summed E-state index contributed by atoms with van der Waals surface area (Å²) in [5, 5.41) is 1.82. The van der Waals surface area contributed by atoms with Crippen LogP contribution in [0.25, 0.3) is 22.6 Å². The van der Waals surface area contributed by atoms with Crippen molar-refractivity contribution in [3.05, 3.63) is 35.9 Å². The van der Waals surface area contributed by atoms with Gasteiger partial charge >= 0.3 is 12.1 Å². The van der Waals surface area contributed by atoms with Gasteiger partial charge in [0.05, 0.1) is 14.2 Å². The number of amides is 1. The second kappa shape index (κ2) is 6.82. The Morgan fingerprint density at radius 2 is 1.81 bits per heavy atom. The third-order valence-electron chi connectivity index (χ3n) is 3.82. The Balaban J connectivity index is 2.00. The zero-order valence-electron chi connectivity index (χ0n) is 14.6. The van der Waals surface area contributed by atoms with Gasteiger partial charge in [-0.05, 0) is 42.8 Å². The van der Waals surface area contributed by atoms with Gasteiger partial charge in [-0.1, -0.05) is 0 Å². The molecule has 0 aliphatic heterocycles. The van der Waals surface area contributed by atoms with Crippen LogP contribution in [0.1, 0.15) is 5.56 Å². The molecule has 0 fully saturated rings. The Labute approximate surface area is 151 Å². The molecule has 6 nitrogen and oxygen atoms in total. The molecular weight excluding hydrogens is 365 g/mol. The molecule has 0 atom stereocenters. The van der Waals surface area contributed by atoms with Crippen LogP contribution in [0.5, 0.6) is 11.5 Å². The fraction of sp³-hybridized carbons (Fsp3) is 0.222. The Kier molecular flexibility index (Phi) is 4.69. The maximum absolute atomic E-state index is 12.4. The van der Waals surface area contributed by atoms with E-state index in [1.165, 1.54) is 26.4 Å². The SMILES string of the molecule is COc1ccc(-c2nc3cc(NC(=O)C(F)(F)F)cc(C)c3o2)cc1OC. The number of methoxy groups -OCH3 is 2. The van der Waals surface area contributed by atoms with Gasteiger partial charge in [0.25, 0.3) is 0 Å². The highest BCUT2D eigenvalue weighted by molar-refractivity contribution is 5.97. The molecule has 0 aliphatic rings. The van der Waals surface area contributed by atoms with E-state index in [1.54, 1.807) is 25.1 Å². The van der Waals surface area contributed by atoms with Gasteiger partial charge in [-0.2, -0.15) is 13.2 Å². The predicted octanol–water partition coefficient (Wildman–Crippen LogP) is 4.32. The van der Waals surface area contributed by atoms with Crippen molar-refractivity contribution in [1.82, 2.24) is 4.98 Å². The molecular formula is C18H15F3N2O4. The first kappa shape index (κ1) is 18.6. The summed E-state index contributed by atoms with van der Waals surface area (Å²) in [5.74, 6) is -0.781. The molecule has 27 heavy (non-hydrogen) atoms. The molecule has 3 aromatic rings. The molecule has 0 unspecified atom stereocenters. The minimum absolute atomic E-state index is 0.0190. The molecule has 9 heteroatoms. The van der Waals surface area contributed by atoms with Gasteiger partial charge in [0.2, 0.25) is 5.89 Å². The van der Waals surface area contributed by atoms with Crippen LogP contribution < -0.4 is 14.8 Å². The van der Waals surface area contributed by atoms with Gasteiger partial charge in [-0.3, -0.25) is 4.79 Å². The summed E-state index contributed by atoms with van der Waals surface area (Å²) in [5.41, 5.74) is 1.84. The number of aromatic nitrogens is 1. The number of fused-ring (bicyclic) bond motifs is 1. The number of anilines is 1. The van der Waals surface area contributed by atoms with Crippen molar-refractivity contribution in [3.63, 3.8) is 0 Å². The van der Waals surface area contributed by atoms with Gasteiger partial charge in [-0.25, -0.2) is 4.98 Å². The van der Waals surface area contributed by atoms with E-state index in [0.29, 0.717) is 33.7 Å². The maximum Gasteiger partial charge on any atom is 0.471 e. The largest absolute Gasteiger partial charge is 0.493 e. The Morgan fingerprint density at radius 3 is 2.44 bits per heavy atom. The number of hydrogen-bond donors (Lipinski definition) is 1. The number of halogens is 3. The molecule has 0 bridgehead atoms. The van der Waals surface area contributed by atoms with Crippen molar-refractivity contribution in [2.45, 2.75) is 13.1 Å². The maximum atomic E-state index is 12.4. The monoisotopic (exact) mass is 380 g/mol. The van der Waals surface area contributed by atoms with E-state index in [4.69, 9.17) is 13.9 Å². The van der Waals surface area contributed by atoms with E-state index in [9.17, 15) is 18.0 Å². The molecule has 0 saturated heterocycles. The quantitative estimate of drug-likeness (QED) is 0.730. The highest BCUT2D eigenvalue weighted by Crippen LogP contribution is 2.34. The molecule has 1 aromatic heterocycles. The lowest BCUT2D eigenvalue weighted by Gasteiger charge is -2.08. The smallest absolute Gasteiger partial charge is 0.471 e. The Hall–Kier alpha value is -3.23. The summed E-state index contributed by atoms with van der Waals surface area (Å²) in [6.45, 7) is 1.65. The average molecular weight is 380 g/mol. The molecule has 3 rings (SSSR count).